The van der Waals surface area contributed by atoms with Crippen LogP contribution in [0.4, 0.5) is 11.5 Å². The number of aryl methyl sites for hydroxylation is 2. The Balaban J connectivity index is 2.21. The summed E-state index contributed by atoms with van der Waals surface area (Å²) in [5.74, 6) is 0.978. The van der Waals surface area contributed by atoms with Crippen LogP contribution in [0.25, 0.3) is 0 Å². The highest BCUT2D eigenvalue weighted by Gasteiger charge is 2.07. The molecule has 0 bridgehead atoms. The Bertz CT molecular complexity index is 558. The molecule has 0 aliphatic carbocycles. The predicted octanol–water partition coefficient (Wildman–Crippen LogP) is 3.77. The third kappa shape index (κ3) is 3.50. The van der Waals surface area contributed by atoms with Crippen LogP contribution in [0.1, 0.15) is 23.6 Å². The third-order valence-electron chi connectivity index (χ3n) is 3.29. The van der Waals surface area contributed by atoms with Crippen LogP contribution in [0.15, 0.2) is 36.5 Å². The number of anilines is 2. The van der Waals surface area contributed by atoms with E-state index in [1.807, 2.05) is 12.3 Å². The molecule has 0 saturated heterocycles. The minimum atomic E-state index is 0.846. The predicted molar refractivity (Wildman–Crippen MR) is 86.4 cm³/mol. The van der Waals surface area contributed by atoms with Crippen LogP contribution in [-0.4, -0.2) is 18.6 Å². The molecule has 0 radical (unpaired) electrons. The maximum absolute atomic E-state index is 4.41. The van der Waals surface area contributed by atoms with Crippen molar-refractivity contribution in [3.63, 3.8) is 0 Å². The number of aromatic nitrogens is 1. The van der Waals surface area contributed by atoms with E-state index in [1.54, 1.807) is 0 Å². The second-order valence-corrected chi connectivity index (χ2v) is 5.24. The third-order valence-corrected chi connectivity index (χ3v) is 3.29. The molecule has 1 heterocycles. The SMILES string of the molecule is CCNc1ncccc1CN(C)c1cc(C)cc(C)c1. The average molecular weight is 269 g/mol. The van der Waals surface area contributed by atoms with Gasteiger partial charge in [-0.3, -0.25) is 0 Å². The largest absolute Gasteiger partial charge is 0.370 e. The molecule has 106 valence electrons. The first-order chi connectivity index (χ1) is 9.60. The minimum Gasteiger partial charge on any atom is -0.370 e. The molecule has 0 unspecified atom stereocenters. The van der Waals surface area contributed by atoms with Crippen molar-refractivity contribution in [1.82, 2.24) is 4.98 Å². The molecular weight excluding hydrogens is 246 g/mol. The molecule has 0 amide bonds. The van der Waals surface area contributed by atoms with Crippen molar-refractivity contribution in [2.24, 2.45) is 0 Å². The van der Waals surface area contributed by atoms with Crippen LogP contribution < -0.4 is 10.2 Å². The number of pyridine rings is 1. The van der Waals surface area contributed by atoms with Gasteiger partial charge in [0.15, 0.2) is 0 Å². The summed E-state index contributed by atoms with van der Waals surface area (Å²) < 4.78 is 0. The Hall–Kier alpha value is -2.03. The van der Waals surface area contributed by atoms with Gasteiger partial charge < -0.3 is 10.2 Å². The van der Waals surface area contributed by atoms with E-state index in [2.05, 4.69) is 67.3 Å². The van der Waals surface area contributed by atoms with Gasteiger partial charge in [-0.2, -0.15) is 0 Å². The fourth-order valence-electron chi connectivity index (χ4n) is 2.41. The van der Waals surface area contributed by atoms with E-state index in [4.69, 9.17) is 0 Å². The van der Waals surface area contributed by atoms with Crippen molar-refractivity contribution in [2.45, 2.75) is 27.3 Å². The van der Waals surface area contributed by atoms with E-state index in [-0.39, 0.29) is 0 Å². The fraction of sp³-hybridized carbons (Fsp3) is 0.353. The highest BCUT2D eigenvalue weighted by Crippen LogP contribution is 2.21. The van der Waals surface area contributed by atoms with Crippen LogP contribution in [-0.2, 0) is 6.54 Å². The molecule has 0 spiro atoms. The molecule has 0 aliphatic rings. The molecule has 3 nitrogen and oxygen atoms in total. The van der Waals surface area contributed by atoms with Gasteiger partial charge in [-0.25, -0.2) is 4.98 Å². The Morgan fingerprint density at radius 3 is 2.50 bits per heavy atom. The summed E-state index contributed by atoms with van der Waals surface area (Å²) in [7, 11) is 2.12. The Morgan fingerprint density at radius 2 is 1.85 bits per heavy atom. The van der Waals surface area contributed by atoms with E-state index >= 15 is 0 Å². The number of rotatable bonds is 5. The molecule has 2 rings (SSSR count). The monoisotopic (exact) mass is 269 g/mol. The number of hydrogen-bond acceptors (Lipinski definition) is 3. The quantitative estimate of drug-likeness (QED) is 0.895. The van der Waals surface area contributed by atoms with Gasteiger partial charge in [0.1, 0.15) is 5.82 Å². The first kappa shape index (κ1) is 14.4. The minimum absolute atomic E-state index is 0.846. The first-order valence-corrected chi connectivity index (χ1v) is 7.07. The molecule has 0 saturated carbocycles. The maximum Gasteiger partial charge on any atom is 0.130 e. The smallest absolute Gasteiger partial charge is 0.130 e. The zero-order valence-corrected chi connectivity index (χ0v) is 12.8. The summed E-state index contributed by atoms with van der Waals surface area (Å²) in [5, 5.41) is 3.32. The summed E-state index contributed by atoms with van der Waals surface area (Å²) in [5.41, 5.74) is 5.06. The summed E-state index contributed by atoms with van der Waals surface area (Å²) >= 11 is 0. The highest BCUT2D eigenvalue weighted by molar-refractivity contribution is 5.53. The second kappa shape index (κ2) is 6.42. The molecule has 1 N–H and O–H groups in total. The lowest BCUT2D eigenvalue weighted by molar-refractivity contribution is 0.911. The van der Waals surface area contributed by atoms with Gasteiger partial charge in [0.25, 0.3) is 0 Å². The molecule has 0 atom stereocenters. The van der Waals surface area contributed by atoms with E-state index in [0.29, 0.717) is 0 Å². The Morgan fingerprint density at radius 1 is 1.15 bits per heavy atom. The fourth-order valence-corrected chi connectivity index (χ4v) is 2.41. The molecule has 0 aliphatic heterocycles. The van der Waals surface area contributed by atoms with Gasteiger partial charge in [-0.05, 0) is 50.1 Å². The maximum atomic E-state index is 4.41. The number of nitrogens with one attached hydrogen (secondary N) is 1. The van der Waals surface area contributed by atoms with Crippen LogP contribution >= 0.6 is 0 Å². The van der Waals surface area contributed by atoms with Gasteiger partial charge in [0.2, 0.25) is 0 Å². The normalized spacial score (nSPS) is 10.4. The van der Waals surface area contributed by atoms with Gasteiger partial charge >= 0.3 is 0 Å². The first-order valence-electron chi connectivity index (χ1n) is 7.07. The number of hydrogen-bond donors (Lipinski definition) is 1. The van der Waals surface area contributed by atoms with Gasteiger partial charge in [-0.1, -0.05) is 12.1 Å². The topological polar surface area (TPSA) is 28.2 Å². The van der Waals surface area contributed by atoms with E-state index in [9.17, 15) is 0 Å². The lowest BCUT2D eigenvalue weighted by atomic mass is 10.1. The van der Waals surface area contributed by atoms with Crippen molar-refractivity contribution in [3.05, 3.63) is 53.2 Å². The number of benzene rings is 1. The zero-order valence-electron chi connectivity index (χ0n) is 12.8. The molecule has 1 aromatic heterocycles. The lowest BCUT2D eigenvalue weighted by Gasteiger charge is -2.22. The van der Waals surface area contributed by atoms with E-state index in [0.717, 1.165) is 18.9 Å². The lowest BCUT2D eigenvalue weighted by Crippen LogP contribution is -2.18. The van der Waals surface area contributed by atoms with Gasteiger partial charge in [0.05, 0.1) is 0 Å². The van der Waals surface area contributed by atoms with E-state index < -0.39 is 0 Å². The standard InChI is InChI=1S/C17H23N3/c1-5-18-17-15(7-6-8-19-17)12-20(4)16-10-13(2)9-14(3)11-16/h6-11H,5,12H2,1-4H3,(H,18,19). The van der Waals surface area contributed by atoms with Crippen molar-refractivity contribution in [3.8, 4) is 0 Å². The zero-order chi connectivity index (χ0) is 14.5. The molecule has 2 aromatic rings. The second-order valence-electron chi connectivity index (χ2n) is 5.24. The van der Waals surface area contributed by atoms with Gasteiger partial charge in [-0.15, -0.1) is 0 Å². The van der Waals surface area contributed by atoms with Crippen LogP contribution in [0.5, 0.6) is 0 Å². The van der Waals surface area contributed by atoms with Crippen molar-refractivity contribution in [1.29, 1.82) is 0 Å². The summed E-state index contributed by atoms with van der Waals surface area (Å²) in [6, 6.07) is 10.8. The van der Waals surface area contributed by atoms with Crippen LogP contribution in [0.3, 0.4) is 0 Å². The highest BCUT2D eigenvalue weighted by atomic mass is 15.1. The molecule has 3 heteroatoms. The van der Waals surface area contributed by atoms with Crippen molar-refractivity contribution < 1.29 is 0 Å². The Kier molecular flexibility index (Phi) is 4.61. The van der Waals surface area contributed by atoms with Crippen molar-refractivity contribution >= 4 is 11.5 Å². The molecular formula is C17H23N3. The van der Waals surface area contributed by atoms with E-state index in [1.165, 1.54) is 22.4 Å². The Labute approximate surface area is 121 Å². The summed E-state index contributed by atoms with van der Waals surface area (Å²) in [6.45, 7) is 8.10. The van der Waals surface area contributed by atoms with Crippen LogP contribution in [0.2, 0.25) is 0 Å². The molecule has 0 fully saturated rings. The summed E-state index contributed by atoms with van der Waals surface area (Å²) in [6.07, 6.45) is 1.83. The summed E-state index contributed by atoms with van der Waals surface area (Å²) in [4.78, 5) is 6.67. The molecule has 1 aromatic carbocycles. The average Bonchev–Trinajstić information content (AvgIpc) is 2.40. The van der Waals surface area contributed by atoms with Crippen molar-refractivity contribution in [2.75, 3.05) is 23.8 Å². The number of nitrogens with zero attached hydrogens (tertiary/aromatic N) is 2. The molecule has 20 heavy (non-hydrogen) atoms. The van der Waals surface area contributed by atoms with Crippen LogP contribution in [0, 0.1) is 13.8 Å². The van der Waals surface area contributed by atoms with Gasteiger partial charge in [0, 0.05) is 37.6 Å².